The zero-order chi connectivity index (χ0) is 19.3. The first-order chi connectivity index (χ1) is 13.8. The lowest BCUT2D eigenvalue weighted by Crippen LogP contribution is -2.01. The first-order valence-corrected chi connectivity index (χ1v) is 9.28. The van der Waals surface area contributed by atoms with E-state index in [0.29, 0.717) is 28.4 Å². The van der Waals surface area contributed by atoms with Crippen LogP contribution >= 0.6 is 11.8 Å². The molecule has 0 saturated heterocycles. The summed E-state index contributed by atoms with van der Waals surface area (Å²) < 4.78 is 17.9. The van der Waals surface area contributed by atoms with Crippen molar-refractivity contribution in [3.8, 4) is 28.6 Å². The van der Waals surface area contributed by atoms with Crippen LogP contribution in [-0.2, 0) is 5.75 Å². The molecule has 0 radical (unpaired) electrons. The zero-order valence-corrected chi connectivity index (χ0v) is 16.0. The van der Waals surface area contributed by atoms with Crippen molar-refractivity contribution >= 4 is 11.8 Å². The maximum absolute atomic E-state index is 5.75. The zero-order valence-electron chi connectivity index (χ0n) is 15.1. The highest BCUT2D eigenvalue weighted by molar-refractivity contribution is 7.98. The summed E-state index contributed by atoms with van der Waals surface area (Å²) in [5.74, 6) is 2.80. The molecule has 0 atom stereocenters. The molecule has 2 heterocycles. The van der Waals surface area contributed by atoms with Gasteiger partial charge < -0.3 is 13.9 Å². The SMILES string of the molecule is COc1ccc(-c2nnc(CSc3nnnn3-c3ccccc3OC)o2)cc1. The Bertz CT molecular complexity index is 1060. The van der Waals surface area contributed by atoms with Gasteiger partial charge in [-0.1, -0.05) is 23.9 Å². The minimum absolute atomic E-state index is 0.429. The van der Waals surface area contributed by atoms with Gasteiger partial charge >= 0.3 is 0 Å². The largest absolute Gasteiger partial charge is 0.497 e. The molecule has 2 aromatic heterocycles. The molecule has 0 N–H and O–H groups in total. The first kappa shape index (κ1) is 18.0. The average Bonchev–Trinajstić information content (AvgIpc) is 3.41. The van der Waals surface area contributed by atoms with E-state index >= 15 is 0 Å². The summed E-state index contributed by atoms with van der Waals surface area (Å²) >= 11 is 1.39. The van der Waals surface area contributed by atoms with Crippen molar-refractivity contribution in [2.45, 2.75) is 10.9 Å². The molecule has 0 aliphatic rings. The minimum atomic E-state index is 0.429. The third kappa shape index (κ3) is 3.67. The number of ether oxygens (including phenoxy) is 2. The van der Waals surface area contributed by atoms with Crippen LogP contribution in [0.2, 0.25) is 0 Å². The number of para-hydroxylation sites is 2. The first-order valence-electron chi connectivity index (χ1n) is 8.30. The summed E-state index contributed by atoms with van der Waals surface area (Å²) in [5, 5.41) is 20.7. The molecule has 0 aliphatic carbocycles. The topological polar surface area (TPSA) is 101 Å². The third-order valence-electron chi connectivity index (χ3n) is 3.88. The van der Waals surface area contributed by atoms with Gasteiger partial charge in [0.2, 0.25) is 16.9 Å². The summed E-state index contributed by atoms with van der Waals surface area (Å²) in [7, 11) is 3.23. The predicted molar refractivity (Wildman–Crippen MR) is 102 cm³/mol. The lowest BCUT2D eigenvalue weighted by atomic mass is 10.2. The second kappa shape index (κ2) is 8.09. The predicted octanol–water partition coefficient (Wildman–Crippen LogP) is 3.02. The van der Waals surface area contributed by atoms with Crippen molar-refractivity contribution in [1.82, 2.24) is 30.4 Å². The van der Waals surface area contributed by atoms with Gasteiger partial charge in [0.1, 0.15) is 17.2 Å². The van der Waals surface area contributed by atoms with E-state index in [1.165, 1.54) is 11.8 Å². The van der Waals surface area contributed by atoms with Crippen molar-refractivity contribution in [3.05, 3.63) is 54.4 Å². The normalized spacial score (nSPS) is 10.8. The monoisotopic (exact) mass is 396 g/mol. The van der Waals surface area contributed by atoms with Gasteiger partial charge in [0.15, 0.2) is 0 Å². The van der Waals surface area contributed by atoms with Crippen LogP contribution in [-0.4, -0.2) is 44.6 Å². The van der Waals surface area contributed by atoms with E-state index in [-0.39, 0.29) is 0 Å². The third-order valence-corrected chi connectivity index (χ3v) is 4.79. The van der Waals surface area contributed by atoms with E-state index < -0.39 is 0 Å². The Labute approximate surface area is 164 Å². The highest BCUT2D eigenvalue weighted by atomic mass is 32.2. The van der Waals surface area contributed by atoms with E-state index in [1.807, 2.05) is 48.5 Å². The molecule has 2 aromatic carbocycles. The standard InChI is InChI=1S/C18H16N6O3S/c1-25-13-9-7-12(8-10-13)17-20-19-16(27-17)11-28-18-21-22-23-24(18)14-5-3-4-6-15(14)26-2/h3-10H,11H2,1-2H3. The van der Waals surface area contributed by atoms with E-state index in [1.54, 1.807) is 18.9 Å². The average molecular weight is 396 g/mol. The smallest absolute Gasteiger partial charge is 0.247 e. The fourth-order valence-electron chi connectivity index (χ4n) is 2.51. The van der Waals surface area contributed by atoms with E-state index in [9.17, 15) is 0 Å². The Morgan fingerprint density at radius 3 is 2.57 bits per heavy atom. The molecule has 28 heavy (non-hydrogen) atoms. The number of nitrogens with zero attached hydrogens (tertiary/aromatic N) is 6. The van der Waals surface area contributed by atoms with Crippen LogP contribution in [0.5, 0.6) is 11.5 Å². The van der Waals surface area contributed by atoms with Crippen molar-refractivity contribution in [1.29, 1.82) is 0 Å². The molecular formula is C18H16N6O3S. The fraction of sp³-hybridized carbons (Fsp3) is 0.167. The number of benzene rings is 2. The van der Waals surface area contributed by atoms with Gasteiger partial charge in [0.05, 0.1) is 20.0 Å². The van der Waals surface area contributed by atoms with Crippen LogP contribution in [0.25, 0.3) is 17.1 Å². The molecule has 9 nitrogen and oxygen atoms in total. The summed E-state index contributed by atoms with van der Waals surface area (Å²) in [4.78, 5) is 0. The summed E-state index contributed by atoms with van der Waals surface area (Å²) in [6, 6.07) is 14.9. The molecule has 142 valence electrons. The van der Waals surface area contributed by atoms with Crippen LogP contribution in [0.15, 0.2) is 58.1 Å². The van der Waals surface area contributed by atoms with Gasteiger partial charge in [-0.15, -0.1) is 15.3 Å². The fourth-order valence-corrected chi connectivity index (χ4v) is 3.23. The van der Waals surface area contributed by atoms with Crippen molar-refractivity contribution in [2.75, 3.05) is 14.2 Å². The minimum Gasteiger partial charge on any atom is -0.497 e. The van der Waals surface area contributed by atoms with Crippen LogP contribution < -0.4 is 9.47 Å². The van der Waals surface area contributed by atoms with E-state index in [4.69, 9.17) is 13.9 Å². The molecule has 0 spiro atoms. The van der Waals surface area contributed by atoms with E-state index in [0.717, 1.165) is 17.0 Å². The Kier molecular flexibility index (Phi) is 5.20. The number of rotatable bonds is 7. The number of hydrogen-bond acceptors (Lipinski definition) is 9. The van der Waals surface area contributed by atoms with Crippen LogP contribution in [0.1, 0.15) is 5.89 Å². The van der Waals surface area contributed by atoms with Gasteiger partial charge in [-0.2, -0.15) is 4.68 Å². The summed E-state index contributed by atoms with van der Waals surface area (Å²) in [6.07, 6.45) is 0. The number of hydrogen-bond donors (Lipinski definition) is 0. The van der Waals surface area contributed by atoms with Crippen molar-refractivity contribution in [2.24, 2.45) is 0 Å². The van der Waals surface area contributed by atoms with Gasteiger partial charge in [0.25, 0.3) is 0 Å². The molecule has 4 rings (SSSR count). The van der Waals surface area contributed by atoms with Crippen LogP contribution in [0.4, 0.5) is 0 Å². The maximum Gasteiger partial charge on any atom is 0.247 e. The quantitative estimate of drug-likeness (QED) is 0.436. The molecule has 4 aromatic rings. The molecule has 0 aliphatic heterocycles. The Morgan fingerprint density at radius 1 is 0.964 bits per heavy atom. The number of thioether (sulfide) groups is 1. The van der Waals surface area contributed by atoms with E-state index in [2.05, 4.69) is 25.7 Å². The second-order valence-electron chi connectivity index (χ2n) is 5.56. The molecule has 0 saturated carbocycles. The Hall–Kier alpha value is -3.40. The van der Waals surface area contributed by atoms with Crippen LogP contribution in [0, 0.1) is 0 Å². The lowest BCUT2D eigenvalue weighted by Gasteiger charge is -2.08. The highest BCUT2D eigenvalue weighted by Crippen LogP contribution is 2.28. The van der Waals surface area contributed by atoms with Gasteiger partial charge in [-0.25, -0.2) is 0 Å². The van der Waals surface area contributed by atoms with Gasteiger partial charge in [-0.05, 0) is 46.8 Å². The second-order valence-corrected chi connectivity index (χ2v) is 6.51. The van der Waals surface area contributed by atoms with Crippen LogP contribution in [0.3, 0.4) is 0 Å². The lowest BCUT2D eigenvalue weighted by molar-refractivity contribution is 0.410. The van der Waals surface area contributed by atoms with Gasteiger partial charge in [-0.3, -0.25) is 0 Å². The Balaban J connectivity index is 1.49. The van der Waals surface area contributed by atoms with Gasteiger partial charge in [0, 0.05) is 5.56 Å². The molecule has 0 fully saturated rings. The number of aromatic nitrogens is 6. The Morgan fingerprint density at radius 2 is 1.79 bits per heavy atom. The molecular weight excluding hydrogens is 380 g/mol. The molecule has 0 amide bonds. The number of tetrazole rings is 1. The highest BCUT2D eigenvalue weighted by Gasteiger charge is 2.15. The maximum atomic E-state index is 5.75. The summed E-state index contributed by atoms with van der Waals surface area (Å²) in [5.41, 5.74) is 1.57. The summed E-state index contributed by atoms with van der Waals surface area (Å²) in [6.45, 7) is 0. The van der Waals surface area contributed by atoms with Crippen molar-refractivity contribution in [3.63, 3.8) is 0 Å². The molecule has 10 heteroatoms. The number of methoxy groups -OCH3 is 2. The molecule has 0 unspecified atom stereocenters. The molecule has 0 bridgehead atoms. The van der Waals surface area contributed by atoms with Crippen molar-refractivity contribution < 1.29 is 13.9 Å².